The van der Waals surface area contributed by atoms with Crippen LogP contribution in [0.2, 0.25) is 0 Å². The molecule has 1 aromatic carbocycles. The van der Waals surface area contributed by atoms with Crippen LogP contribution < -0.4 is 10.6 Å². The van der Waals surface area contributed by atoms with E-state index in [9.17, 15) is 14.4 Å². The second kappa shape index (κ2) is 6.63. The Bertz CT molecular complexity index is 661. The first kappa shape index (κ1) is 16.5. The lowest BCUT2D eigenvalue weighted by Gasteiger charge is -2.21. The normalized spacial score (nSPS) is 19.3. The van der Waals surface area contributed by atoms with Crippen molar-refractivity contribution in [3.05, 3.63) is 24.3 Å². The summed E-state index contributed by atoms with van der Waals surface area (Å²) in [6.07, 6.45) is 5.94. The van der Waals surface area contributed by atoms with E-state index in [4.69, 9.17) is 5.11 Å². The number of anilines is 2. The summed E-state index contributed by atoms with van der Waals surface area (Å²) in [6.45, 7) is 0. The van der Waals surface area contributed by atoms with Crippen LogP contribution in [-0.4, -0.2) is 22.9 Å². The zero-order valence-corrected chi connectivity index (χ0v) is 13.5. The third-order valence-electron chi connectivity index (χ3n) is 4.96. The summed E-state index contributed by atoms with van der Waals surface area (Å²) in [5, 5.41) is 14.7. The fraction of sp³-hybridized carbons (Fsp3) is 0.500. The Labute approximate surface area is 140 Å². The molecule has 128 valence electrons. The van der Waals surface area contributed by atoms with E-state index in [-0.39, 0.29) is 11.8 Å². The second-order valence-electron chi connectivity index (χ2n) is 6.75. The Balaban J connectivity index is 1.63. The minimum absolute atomic E-state index is 0.0161. The highest BCUT2D eigenvalue weighted by Gasteiger charge is 2.57. The SMILES string of the molecule is O=C(Nc1cccc(NC(=O)C2(C(=O)O)CC2)c1)C1CCCCC1. The number of carbonyl (C=O) groups excluding carboxylic acids is 2. The summed E-state index contributed by atoms with van der Waals surface area (Å²) in [6, 6.07) is 6.84. The van der Waals surface area contributed by atoms with Gasteiger partial charge in [-0.15, -0.1) is 0 Å². The summed E-state index contributed by atoms with van der Waals surface area (Å²) in [7, 11) is 0. The van der Waals surface area contributed by atoms with Crippen molar-refractivity contribution in [2.45, 2.75) is 44.9 Å². The molecule has 2 aliphatic rings. The molecule has 2 saturated carbocycles. The molecule has 0 atom stereocenters. The minimum Gasteiger partial charge on any atom is -0.480 e. The molecule has 3 N–H and O–H groups in total. The lowest BCUT2D eigenvalue weighted by Crippen LogP contribution is -2.31. The van der Waals surface area contributed by atoms with Gasteiger partial charge in [-0.2, -0.15) is 0 Å². The van der Waals surface area contributed by atoms with Crippen LogP contribution in [0.15, 0.2) is 24.3 Å². The predicted octanol–water partition coefficient (Wildman–Crippen LogP) is 3.01. The molecule has 0 aliphatic heterocycles. The molecule has 2 amide bonds. The smallest absolute Gasteiger partial charge is 0.319 e. The highest BCUT2D eigenvalue weighted by molar-refractivity contribution is 6.11. The maximum absolute atomic E-state index is 12.3. The Morgan fingerprint density at radius 3 is 2.21 bits per heavy atom. The van der Waals surface area contributed by atoms with Crippen molar-refractivity contribution < 1.29 is 19.5 Å². The van der Waals surface area contributed by atoms with Gasteiger partial charge < -0.3 is 15.7 Å². The Morgan fingerprint density at radius 2 is 1.62 bits per heavy atom. The molecular weight excluding hydrogens is 308 g/mol. The summed E-state index contributed by atoms with van der Waals surface area (Å²) in [5.74, 6) is -1.51. The highest BCUT2D eigenvalue weighted by Crippen LogP contribution is 2.46. The van der Waals surface area contributed by atoms with Gasteiger partial charge in [0.1, 0.15) is 5.41 Å². The summed E-state index contributed by atoms with van der Waals surface area (Å²) < 4.78 is 0. The lowest BCUT2D eigenvalue weighted by molar-refractivity contribution is -0.147. The monoisotopic (exact) mass is 330 g/mol. The minimum atomic E-state index is -1.28. The number of hydrogen-bond donors (Lipinski definition) is 3. The summed E-state index contributed by atoms with van der Waals surface area (Å²) in [5.41, 5.74) is -0.168. The highest BCUT2D eigenvalue weighted by atomic mass is 16.4. The first-order valence-electron chi connectivity index (χ1n) is 8.47. The zero-order valence-electron chi connectivity index (χ0n) is 13.5. The van der Waals surface area contributed by atoms with Crippen LogP contribution in [-0.2, 0) is 14.4 Å². The molecule has 2 fully saturated rings. The number of nitrogens with one attached hydrogen (secondary N) is 2. The van der Waals surface area contributed by atoms with Crippen molar-refractivity contribution >= 4 is 29.2 Å². The Hall–Kier alpha value is -2.37. The molecule has 1 aromatic rings. The van der Waals surface area contributed by atoms with Crippen LogP contribution >= 0.6 is 0 Å². The first-order valence-corrected chi connectivity index (χ1v) is 8.47. The van der Waals surface area contributed by atoms with Gasteiger partial charge in [0.2, 0.25) is 11.8 Å². The average molecular weight is 330 g/mol. The molecule has 0 saturated heterocycles. The zero-order chi connectivity index (χ0) is 17.2. The first-order chi connectivity index (χ1) is 11.5. The van der Waals surface area contributed by atoms with Gasteiger partial charge in [0.15, 0.2) is 0 Å². The van der Waals surface area contributed by atoms with Crippen LogP contribution in [0.4, 0.5) is 11.4 Å². The van der Waals surface area contributed by atoms with Gasteiger partial charge in [-0.25, -0.2) is 0 Å². The predicted molar refractivity (Wildman–Crippen MR) is 89.6 cm³/mol. The van der Waals surface area contributed by atoms with Crippen molar-refractivity contribution in [3.63, 3.8) is 0 Å². The maximum Gasteiger partial charge on any atom is 0.319 e. The van der Waals surface area contributed by atoms with E-state index in [1.807, 2.05) is 0 Å². The van der Waals surface area contributed by atoms with Gasteiger partial charge in [-0.1, -0.05) is 25.3 Å². The molecule has 6 heteroatoms. The van der Waals surface area contributed by atoms with Crippen molar-refractivity contribution in [1.82, 2.24) is 0 Å². The van der Waals surface area contributed by atoms with Gasteiger partial charge in [-0.05, 0) is 43.9 Å². The number of amides is 2. The number of aliphatic carboxylic acids is 1. The fourth-order valence-electron chi connectivity index (χ4n) is 3.20. The van der Waals surface area contributed by atoms with E-state index in [2.05, 4.69) is 10.6 Å². The van der Waals surface area contributed by atoms with Gasteiger partial charge in [-0.3, -0.25) is 14.4 Å². The average Bonchev–Trinajstić information content (AvgIpc) is 3.38. The quantitative estimate of drug-likeness (QED) is 0.723. The van der Waals surface area contributed by atoms with Crippen LogP contribution in [0.1, 0.15) is 44.9 Å². The van der Waals surface area contributed by atoms with Crippen molar-refractivity contribution in [3.8, 4) is 0 Å². The summed E-state index contributed by atoms with van der Waals surface area (Å²) in [4.78, 5) is 35.6. The topological polar surface area (TPSA) is 95.5 Å². The van der Waals surface area contributed by atoms with Gasteiger partial charge in [0.05, 0.1) is 0 Å². The van der Waals surface area contributed by atoms with Crippen LogP contribution in [0.5, 0.6) is 0 Å². The van der Waals surface area contributed by atoms with Crippen molar-refractivity contribution in [2.75, 3.05) is 10.6 Å². The fourth-order valence-corrected chi connectivity index (χ4v) is 3.20. The largest absolute Gasteiger partial charge is 0.480 e. The molecule has 0 unspecified atom stereocenters. The van der Waals surface area contributed by atoms with E-state index >= 15 is 0 Å². The molecule has 3 rings (SSSR count). The molecule has 0 heterocycles. The lowest BCUT2D eigenvalue weighted by atomic mass is 9.88. The van der Waals surface area contributed by atoms with E-state index in [0.29, 0.717) is 24.2 Å². The summed E-state index contributed by atoms with van der Waals surface area (Å²) >= 11 is 0. The Kier molecular flexibility index (Phi) is 4.55. The third kappa shape index (κ3) is 3.42. The number of rotatable bonds is 5. The van der Waals surface area contributed by atoms with Gasteiger partial charge in [0.25, 0.3) is 0 Å². The molecule has 2 aliphatic carbocycles. The number of benzene rings is 1. The molecule has 0 aromatic heterocycles. The molecule has 0 spiro atoms. The van der Waals surface area contributed by atoms with Crippen LogP contribution in [0, 0.1) is 11.3 Å². The van der Waals surface area contributed by atoms with Gasteiger partial charge in [0, 0.05) is 17.3 Å². The standard InChI is InChI=1S/C18H22N2O4/c21-15(12-5-2-1-3-6-12)19-13-7-4-8-14(11-13)20-16(22)18(9-10-18)17(23)24/h4,7-8,11-12H,1-3,5-6,9-10H2,(H,19,21)(H,20,22)(H,23,24). The van der Waals surface area contributed by atoms with E-state index in [1.54, 1.807) is 24.3 Å². The second-order valence-corrected chi connectivity index (χ2v) is 6.75. The van der Waals surface area contributed by atoms with E-state index in [1.165, 1.54) is 6.42 Å². The molecule has 0 bridgehead atoms. The Morgan fingerprint density at radius 1 is 1.00 bits per heavy atom. The number of carboxylic acid groups (broad SMARTS) is 1. The maximum atomic E-state index is 12.3. The molecule has 24 heavy (non-hydrogen) atoms. The van der Waals surface area contributed by atoms with Gasteiger partial charge >= 0.3 is 5.97 Å². The number of carbonyl (C=O) groups is 3. The van der Waals surface area contributed by atoms with Crippen molar-refractivity contribution in [1.29, 1.82) is 0 Å². The number of hydrogen-bond acceptors (Lipinski definition) is 3. The van der Waals surface area contributed by atoms with Crippen molar-refractivity contribution in [2.24, 2.45) is 11.3 Å². The van der Waals surface area contributed by atoms with E-state index in [0.717, 1.165) is 25.7 Å². The molecule has 0 radical (unpaired) electrons. The molecule has 6 nitrogen and oxygen atoms in total. The molecular formula is C18H22N2O4. The van der Waals surface area contributed by atoms with Crippen LogP contribution in [0.25, 0.3) is 0 Å². The number of carboxylic acids is 1. The van der Waals surface area contributed by atoms with Crippen LogP contribution in [0.3, 0.4) is 0 Å². The van der Waals surface area contributed by atoms with E-state index < -0.39 is 17.3 Å². The third-order valence-corrected chi connectivity index (χ3v) is 4.96.